The number of halogens is 3. The summed E-state index contributed by atoms with van der Waals surface area (Å²) in [5.41, 5.74) is 0.0398. The fraction of sp³-hybridized carbons (Fsp3) is 0.474. The molecule has 11 heteroatoms. The molecule has 3 rings (SSSR count). The maximum atomic E-state index is 13.1. The standard InChI is InChI=1S/C19H23F3N4O3S/c1-12-17(13(2)25(3)24-12)30(28,29)26-9-5-6-14(11-26)18(27)23-16-8-4-7-15(10-16)19(20,21)22/h4,7-8,10,14H,5-6,9,11H2,1-3H3,(H,23,27)/t14-/m1/s1. The van der Waals surface area contributed by atoms with Gasteiger partial charge in [-0.3, -0.25) is 9.48 Å². The number of hydrogen-bond acceptors (Lipinski definition) is 4. The molecule has 2 heterocycles. The van der Waals surface area contributed by atoms with Crippen molar-refractivity contribution >= 4 is 21.6 Å². The molecule has 0 bridgehead atoms. The maximum Gasteiger partial charge on any atom is 0.416 e. The van der Waals surface area contributed by atoms with Crippen molar-refractivity contribution in [3.8, 4) is 0 Å². The lowest BCUT2D eigenvalue weighted by atomic mass is 9.98. The third-order valence-corrected chi connectivity index (χ3v) is 7.37. The molecule has 1 N–H and O–H groups in total. The minimum atomic E-state index is -4.52. The summed E-state index contributed by atoms with van der Waals surface area (Å²) in [6.45, 7) is 3.50. The van der Waals surface area contributed by atoms with Crippen molar-refractivity contribution in [2.24, 2.45) is 13.0 Å². The number of piperidine rings is 1. The Bertz CT molecular complexity index is 1060. The highest BCUT2D eigenvalue weighted by atomic mass is 32.2. The number of rotatable bonds is 4. The Morgan fingerprint density at radius 3 is 2.57 bits per heavy atom. The number of alkyl halides is 3. The molecule has 0 aliphatic carbocycles. The zero-order valence-corrected chi connectivity index (χ0v) is 17.6. The van der Waals surface area contributed by atoms with Crippen LogP contribution in [0.4, 0.5) is 18.9 Å². The molecule has 164 valence electrons. The molecule has 0 unspecified atom stereocenters. The van der Waals surface area contributed by atoms with Gasteiger partial charge < -0.3 is 5.32 Å². The summed E-state index contributed by atoms with van der Waals surface area (Å²) < 4.78 is 67.7. The highest BCUT2D eigenvalue weighted by Crippen LogP contribution is 2.31. The second-order valence-corrected chi connectivity index (χ2v) is 9.27. The van der Waals surface area contributed by atoms with Gasteiger partial charge in [-0.05, 0) is 44.9 Å². The van der Waals surface area contributed by atoms with Crippen molar-refractivity contribution in [1.29, 1.82) is 0 Å². The monoisotopic (exact) mass is 444 g/mol. The number of amides is 1. The summed E-state index contributed by atoms with van der Waals surface area (Å²) in [4.78, 5) is 12.8. The van der Waals surface area contributed by atoms with Gasteiger partial charge in [0.25, 0.3) is 0 Å². The normalized spacial score (nSPS) is 18.4. The molecule has 1 aromatic heterocycles. The summed E-state index contributed by atoms with van der Waals surface area (Å²) in [6.07, 6.45) is -3.60. The van der Waals surface area contributed by atoms with Crippen molar-refractivity contribution < 1.29 is 26.4 Å². The van der Waals surface area contributed by atoms with Crippen molar-refractivity contribution in [3.63, 3.8) is 0 Å². The van der Waals surface area contributed by atoms with Crippen LogP contribution < -0.4 is 5.32 Å². The topological polar surface area (TPSA) is 84.3 Å². The molecule has 2 aromatic rings. The molecular weight excluding hydrogens is 421 g/mol. The Labute approximate surface area is 172 Å². The first-order chi connectivity index (χ1) is 13.9. The number of aromatic nitrogens is 2. The zero-order chi connectivity index (χ0) is 22.3. The Kier molecular flexibility index (Phi) is 5.96. The molecule has 1 aliphatic rings. The largest absolute Gasteiger partial charge is 0.416 e. The number of hydrogen-bond donors (Lipinski definition) is 1. The highest BCUT2D eigenvalue weighted by Gasteiger charge is 2.36. The number of aryl methyl sites for hydroxylation is 2. The molecule has 1 atom stereocenters. The fourth-order valence-electron chi connectivity index (χ4n) is 3.65. The third kappa shape index (κ3) is 4.36. The predicted molar refractivity (Wildman–Crippen MR) is 104 cm³/mol. The number of nitrogens with one attached hydrogen (secondary N) is 1. The Morgan fingerprint density at radius 1 is 1.27 bits per heavy atom. The van der Waals surface area contributed by atoms with Gasteiger partial charge in [0.05, 0.1) is 22.9 Å². The summed E-state index contributed by atoms with van der Waals surface area (Å²) in [5.74, 6) is -1.17. The van der Waals surface area contributed by atoms with Crippen LogP contribution in [0.15, 0.2) is 29.2 Å². The van der Waals surface area contributed by atoms with Crippen molar-refractivity contribution in [3.05, 3.63) is 41.2 Å². The van der Waals surface area contributed by atoms with E-state index in [1.165, 1.54) is 21.1 Å². The van der Waals surface area contributed by atoms with Gasteiger partial charge in [-0.1, -0.05) is 6.07 Å². The van der Waals surface area contributed by atoms with E-state index in [0.717, 1.165) is 12.1 Å². The van der Waals surface area contributed by atoms with E-state index in [-0.39, 0.29) is 23.7 Å². The van der Waals surface area contributed by atoms with Crippen LogP contribution in [0.3, 0.4) is 0 Å². The van der Waals surface area contributed by atoms with Gasteiger partial charge in [0.1, 0.15) is 4.90 Å². The average Bonchev–Trinajstić information content (AvgIpc) is 2.93. The minimum Gasteiger partial charge on any atom is -0.326 e. The van der Waals surface area contributed by atoms with Crippen LogP contribution in [-0.4, -0.2) is 41.5 Å². The van der Waals surface area contributed by atoms with Crippen molar-refractivity contribution in [2.45, 2.75) is 37.8 Å². The molecule has 0 spiro atoms. The predicted octanol–water partition coefficient (Wildman–Crippen LogP) is 3.10. The van der Waals surface area contributed by atoms with E-state index in [4.69, 9.17) is 0 Å². The summed E-state index contributed by atoms with van der Waals surface area (Å²) in [6, 6.07) is 4.36. The van der Waals surface area contributed by atoms with Gasteiger partial charge in [-0.25, -0.2) is 8.42 Å². The van der Waals surface area contributed by atoms with E-state index in [1.54, 1.807) is 20.9 Å². The Balaban J connectivity index is 1.77. The van der Waals surface area contributed by atoms with E-state index in [0.29, 0.717) is 24.2 Å². The lowest BCUT2D eigenvalue weighted by Crippen LogP contribution is -2.44. The van der Waals surface area contributed by atoms with Gasteiger partial charge in [-0.15, -0.1) is 0 Å². The lowest BCUT2D eigenvalue weighted by molar-refractivity contribution is -0.137. The summed E-state index contributed by atoms with van der Waals surface area (Å²) in [7, 11) is -2.19. The molecule has 0 radical (unpaired) electrons. The molecule has 1 saturated heterocycles. The molecule has 1 fully saturated rings. The van der Waals surface area contributed by atoms with Crippen LogP contribution in [0.1, 0.15) is 29.8 Å². The van der Waals surface area contributed by atoms with E-state index in [1.807, 2.05) is 0 Å². The molecule has 1 aromatic carbocycles. The number of carbonyl (C=O) groups excluding carboxylic acids is 1. The summed E-state index contributed by atoms with van der Waals surface area (Å²) in [5, 5.41) is 6.64. The van der Waals surface area contributed by atoms with Gasteiger partial charge >= 0.3 is 6.18 Å². The SMILES string of the molecule is Cc1nn(C)c(C)c1S(=O)(=O)N1CCC[C@@H](C(=O)Nc2cccc(C(F)(F)F)c2)C1. The van der Waals surface area contributed by atoms with Crippen LogP contribution >= 0.6 is 0 Å². The third-order valence-electron chi connectivity index (χ3n) is 5.25. The number of anilines is 1. The zero-order valence-electron chi connectivity index (χ0n) is 16.8. The number of sulfonamides is 1. The molecule has 0 saturated carbocycles. The smallest absolute Gasteiger partial charge is 0.326 e. The van der Waals surface area contributed by atoms with Gasteiger partial charge in [0.15, 0.2) is 0 Å². The van der Waals surface area contributed by atoms with Crippen LogP contribution in [0, 0.1) is 19.8 Å². The molecular formula is C19H23F3N4O3S. The second-order valence-electron chi connectivity index (χ2n) is 7.39. The molecule has 1 amide bonds. The lowest BCUT2D eigenvalue weighted by Gasteiger charge is -2.31. The molecule has 1 aliphatic heterocycles. The first-order valence-corrected chi connectivity index (χ1v) is 10.8. The van der Waals surface area contributed by atoms with Gasteiger partial charge in [0.2, 0.25) is 15.9 Å². The second kappa shape index (κ2) is 8.03. The van der Waals surface area contributed by atoms with Crippen molar-refractivity contribution in [2.75, 3.05) is 18.4 Å². The van der Waals surface area contributed by atoms with E-state index >= 15 is 0 Å². The summed E-state index contributed by atoms with van der Waals surface area (Å²) >= 11 is 0. The van der Waals surface area contributed by atoms with Crippen LogP contribution in [0.2, 0.25) is 0 Å². The van der Waals surface area contributed by atoms with Gasteiger partial charge in [-0.2, -0.15) is 22.6 Å². The number of carbonyl (C=O) groups is 1. The quantitative estimate of drug-likeness (QED) is 0.786. The van der Waals surface area contributed by atoms with Crippen molar-refractivity contribution in [1.82, 2.24) is 14.1 Å². The van der Waals surface area contributed by atoms with Crippen LogP contribution in [-0.2, 0) is 28.0 Å². The Morgan fingerprint density at radius 2 is 1.97 bits per heavy atom. The first kappa shape index (κ1) is 22.3. The van der Waals surface area contributed by atoms with Gasteiger partial charge in [0, 0.05) is 25.8 Å². The van der Waals surface area contributed by atoms with Crippen LogP contribution in [0.25, 0.3) is 0 Å². The molecule has 30 heavy (non-hydrogen) atoms. The highest BCUT2D eigenvalue weighted by molar-refractivity contribution is 7.89. The van der Waals surface area contributed by atoms with E-state index < -0.39 is 33.6 Å². The minimum absolute atomic E-state index is 0.0220. The average molecular weight is 444 g/mol. The number of nitrogens with zero attached hydrogens (tertiary/aromatic N) is 3. The Hall–Kier alpha value is -2.40. The maximum absolute atomic E-state index is 13.1. The molecule has 7 nitrogen and oxygen atoms in total. The van der Waals surface area contributed by atoms with E-state index in [2.05, 4.69) is 10.4 Å². The van der Waals surface area contributed by atoms with E-state index in [9.17, 15) is 26.4 Å². The number of benzene rings is 1. The first-order valence-electron chi connectivity index (χ1n) is 9.39. The fourth-order valence-corrected chi connectivity index (χ4v) is 5.57. The van der Waals surface area contributed by atoms with Crippen LogP contribution in [0.5, 0.6) is 0 Å².